The topological polar surface area (TPSA) is 75.3 Å². The molecule has 0 saturated heterocycles. The molecular weight excluding hydrogens is 404 g/mol. The summed E-state index contributed by atoms with van der Waals surface area (Å²) in [5.41, 5.74) is 0. The van der Waals surface area contributed by atoms with Gasteiger partial charge >= 0.3 is 0 Å². The summed E-state index contributed by atoms with van der Waals surface area (Å²) in [4.78, 5) is 12.0. The Morgan fingerprint density at radius 3 is 2.43 bits per heavy atom. The van der Waals surface area contributed by atoms with Gasteiger partial charge in [0.1, 0.15) is 0 Å². The molecule has 0 saturated carbocycles. The summed E-state index contributed by atoms with van der Waals surface area (Å²) >= 11 is 3.27. The van der Waals surface area contributed by atoms with Crippen LogP contribution in [0.4, 0.5) is 0 Å². The van der Waals surface area contributed by atoms with Gasteiger partial charge in [0.15, 0.2) is 9.84 Å². The minimum absolute atomic E-state index is 0. The third-order valence-corrected chi connectivity index (χ3v) is 5.49. The summed E-state index contributed by atoms with van der Waals surface area (Å²) in [5.74, 6) is -0.138. The number of likely N-dealkylation sites (N-methyl/N-ethyl adjacent to an activating group) is 1. The quantitative estimate of drug-likeness (QED) is 0.635. The van der Waals surface area contributed by atoms with Gasteiger partial charge < -0.3 is 10.6 Å². The van der Waals surface area contributed by atoms with Crippen LogP contribution in [0.15, 0.2) is 33.6 Å². The van der Waals surface area contributed by atoms with E-state index in [9.17, 15) is 13.2 Å². The molecule has 0 aromatic heterocycles. The van der Waals surface area contributed by atoms with Crippen molar-refractivity contribution in [3.63, 3.8) is 0 Å². The van der Waals surface area contributed by atoms with Gasteiger partial charge in [0.2, 0.25) is 5.91 Å². The van der Waals surface area contributed by atoms with Gasteiger partial charge in [0, 0.05) is 23.5 Å². The van der Waals surface area contributed by atoms with Gasteiger partial charge in [-0.1, -0.05) is 22.9 Å². The van der Waals surface area contributed by atoms with Crippen LogP contribution in [0.5, 0.6) is 0 Å². The normalized spacial score (nSPS) is 12.3. The van der Waals surface area contributed by atoms with Gasteiger partial charge in [-0.05, 0) is 44.2 Å². The fourth-order valence-electron chi connectivity index (χ4n) is 1.96. The molecule has 8 heteroatoms. The molecule has 132 valence electrons. The van der Waals surface area contributed by atoms with Crippen LogP contribution in [0.3, 0.4) is 0 Å². The van der Waals surface area contributed by atoms with E-state index in [1.54, 1.807) is 24.3 Å². The molecule has 0 fully saturated rings. The minimum Gasteiger partial charge on any atom is -0.355 e. The molecule has 1 rings (SSSR count). The average molecular weight is 428 g/mol. The first-order chi connectivity index (χ1) is 10.3. The number of carbonyl (C=O) groups is 1. The van der Waals surface area contributed by atoms with E-state index < -0.39 is 9.84 Å². The third-order valence-electron chi connectivity index (χ3n) is 3.15. The van der Waals surface area contributed by atoms with Crippen molar-refractivity contribution < 1.29 is 13.2 Å². The van der Waals surface area contributed by atoms with Crippen molar-refractivity contribution >= 4 is 44.1 Å². The fraction of sp³-hybridized carbons (Fsp3) is 0.533. The summed E-state index contributed by atoms with van der Waals surface area (Å²) in [6.07, 6.45) is 0.536. The van der Waals surface area contributed by atoms with Crippen molar-refractivity contribution in [2.24, 2.45) is 0 Å². The number of benzene rings is 1. The Morgan fingerprint density at radius 2 is 1.87 bits per heavy atom. The van der Waals surface area contributed by atoms with Crippen LogP contribution >= 0.6 is 28.3 Å². The Morgan fingerprint density at radius 1 is 1.26 bits per heavy atom. The molecule has 23 heavy (non-hydrogen) atoms. The van der Waals surface area contributed by atoms with E-state index in [0.29, 0.717) is 13.0 Å². The Bertz CT molecular complexity index is 579. The number of nitrogens with one attached hydrogen (secondary N) is 2. The second kappa shape index (κ2) is 11.0. The molecule has 0 heterocycles. The lowest BCUT2D eigenvalue weighted by Crippen LogP contribution is -2.38. The van der Waals surface area contributed by atoms with E-state index in [-0.39, 0.29) is 41.4 Å². The lowest BCUT2D eigenvalue weighted by atomic mass is 10.3. The summed E-state index contributed by atoms with van der Waals surface area (Å²) in [5, 5.41) is 5.99. The van der Waals surface area contributed by atoms with Gasteiger partial charge in [-0.15, -0.1) is 12.4 Å². The second-order valence-electron chi connectivity index (χ2n) is 5.14. The number of hydrogen-bond donors (Lipinski definition) is 2. The molecule has 1 aromatic rings. The van der Waals surface area contributed by atoms with E-state index in [2.05, 4.69) is 26.6 Å². The average Bonchev–Trinajstić information content (AvgIpc) is 2.46. The van der Waals surface area contributed by atoms with Crippen LogP contribution in [0.25, 0.3) is 0 Å². The van der Waals surface area contributed by atoms with Crippen LogP contribution in [0, 0.1) is 0 Å². The van der Waals surface area contributed by atoms with Gasteiger partial charge in [0.05, 0.1) is 10.6 Å². The monoisotopic (exact) mass is 426 g/mol. The maximum atomic E-state index is 12.1. The third kappa shape index (κ3) is 8.69. The molecule has 1 aromatic carbocycles. The van der Waals surface area contributed by atoms with E-state index in [4.69, 9.17) is 0 Å². The smallest absolute Gasteiger partial charge is 0.220 e. The highest BCUT2D eigenvalue weighted by Crippen LogP contribution is 2.16. The van der Waals surface area contributed by atoms with E-state index in [0.717, 1.165) is 11.0 Å². The first-order valence-corrected chi connectivity index (χ1v) is 9.78. The summed E-state index contributed by atoms with van der Waals surface area (Å²) in [6, 6.07) is 6.74. The number of rotatable bonds is 9. The highest BCUT2D eigenvalue weighted by atomic mass is 79.9. The fourth-order valence-corrected chi connectivity index (χ4v) is 3.53. The maximum Gasteiger partial charge on any atom is 0.220 e. The van der Waals surface area contributed by atoms with Crippen LogP contribution in [-0.4, -0.2) is 39.2 Å². The van der Waals surface area contributed by atoms with Gasteiger partial charge in [-0.3, -0.25) is 4.79 Å². The highest BCUT2D eigenvalue weighted by Gasteiger charge is 2.15. The Kier molecular flexibility index (Phi) is 10.7. The first-order valence-electron chi connectivity index (χ1n) is 7.33. The second-order valence-corrected chi connectivity index (χ2v) is 8.16. The highest BCUT2D eigenvalue weighted by molar-refractivity contribution is 9.10. The Labute approximate surface area is 153 Å². The lowest BCUT2D eigenvalue weighted by Gasteiger charge is -2.13. The van der Waals surface area contributed by atoms with Crippen molar-refractivity contribution in [1.29, 1.82) is 0 Å². The van der Waals surface area contributed by atoms with Gasteiger partial charge in [-0.2, -0.15) is 0 Å². The molecule has 0 aliphatic rings. The maximum absolute atomic E-state index is 12.1. The molecule has 0 spiro atoms. The van der Waals surface area contributed by atoms with Crippen molar-refractivity contribution in [1.82, 2.24) is 10.6 Å². The van der Waals surface area contributed by atoms with E-state index in [1.165, 1.54) is 0 Å². The molecule has 2 N–H and O–H groups in total. The van der Waals surface area contributed by atoms with Crippen molar-refractivity contribution in [3.8, 4) is 0 Å². The van der Waals surface area contributed by atoms with Crippen LogP contribution in [-0.2, 0) is 14.6 Å². The largest absolute Gasteiger partial charge is 0.355 e. The van der Waals surface area contributed by atoms with Crippen molar-refractivity contribution in [3.05, 3.63) is 28.7 Å². The van der Waals surface area contributed by atoms with Gasteiger partial charge in [0.25, 0.3) is 0 Å². The summed E-state index contributed by atoms with van der Waals surface area (Å²) in [7, 11) is -3.33. The van der Waals surface area contributed by atoms with E-state index >= 15 is 0 Å². The molecule has 5 nitrogen and oxygen atoms in total. The predicted molar refractivity (Wildman–Crippen MR) is 98.8 cm³/mol. The molecule has 1 amide bonds. The van der Waals surface area contributed by atoms with Crippen molar-refractivity contribution in [2.75, 3.05) is 18.8 Å². The number of sulfone groups is 1. The number of amides is 1. The predicted octanol–water partition coefficient (Wildman–Crippen LogP) is 2.54. The van der Waals surface area contributed by atoms with Crippen molar-refractivity contribution in [2.45, 2.75) is 37.6 Å². The number of hydrogen-bond acceptors (Lipinski definition) is 4. The zero-order valence-corrected chi connectivity index (χ0v) is 16.6. The SMILES string of the molecule is CCN[C@H](C)CNC(=O)CCCS(=O)(=O)c1ccc(Br)cc1.Cl. The molecule has 0 radical (unpaired) electrons. The van der Waals surface area contributed by atoms with Crippen LogP contribution in [0.2, 0.25) is 0 Å². The molecule has 0 bridgehead atoms. The number of halogens is 2. The Hall–Kier alpha value is -0.630. The summed E-state index contributed by atoms with van der Waals surface area (Å²) in [6.45, 7) is 5.39. The van der Waals surface area contributed by atoms with Crippen LogP contribution < -0.4 is 10.6 Å². The van der Waals surface area contributed by atoms with Crippen LogP contribution in [0.1, 0.15) is 26.7 Å². The number of carbonyl (C=O) groups excluding carboxylic acids is 1. The summed E-state index contributed by atoms with van der Waals surface area (Å²) < 4.78 is 25.1. The molecular formula is C15H24BrClN2O3S. The lowest BCUT2D eigenvalue weighted by molar-refractivity contribution is -0.121. The molecule has 1 atom stereocenters. The molecule has 0 aliphatic carbocycles. The van der Waals surface area contributed by atoms with Gasteiger partial charge in [-0.25, -0.2) is 8.42 Å². The molecule has 0 aliphatic heterocycles. The zero-order chi connectivity index (χ0) is 16.6. The standard InChI is InChI=1S/C15H23BrN2O3S.ClH/c1-3-17-12(2)11-18-15(19)5-4-10-22(20,21)14-8-6-13(16)7-9-14;/h6-9,12,17H,3-5,10-11H2,1-2H3,(H,18,19);1H/t12-;/m1./s1. The molecule has 0 unspecified atom stereocenters. The minimum atomic E-state index is -3.33. The first kappa shape index (κ1) is 22.4. The Balaban J connectivity index is 0.00000484. The van der Waals surface area contributed by atoms with E-state index in [1.807, 2.05) is 13.8 Å². The zero-order valence-electron chi connectivity index (χ0n) is 13.3.